The van der Waals surface area contributed by atoms with Crippen LogP contribution in [-0.2, 0) is 39.8 Å². The second-order valence-electron chi connectivity index (χ2n) is 17.9. The highest BCUT2D eigenvalue weighted by Gasteiger charge is 2.61. The number of esters is 1. The Morgan fingerprint density at radius 3 is 2.28 bits per heavy atom. The maximum atomic E-state index is 14.7. The van der Waals surface area contributed by atoms with Gasteiger partial charge in [-0.2, -0.15) is 0 Å². The Hall–Kier alpha value is -3.61. The molecule has 5 rings (SSSR count). The van der Waals surface area contributed by atoms with Crippen LogP contribution in [-0.4, -0.2) is 87.7 Å². The van der Waals surface area contributed by atoms with Crippen LogP contribution >= 0.6 is 0 Å². The molecule has 12 heteroatoms. The van der Waals surface area contributed by atoms with Crippen molar-refractivity contribution in [3.05, 3.63) is 41.7 Å². The van der Waals surface area contributed by atoms with Crippen LogP contribution in [0.5, 0.6) is 0 Å². The maximum Gasteiger partial charge on any atom is 0.410 e. The fraction of sp³-hybridized carbons (Fsp3) is 0.711. The monoisotopic (exact) mass is 794 g/mol. The lowest BCUT2D eigenvalue weighted by Crippen LogP contribution is -2.59. The molecule has 3 aliphatic rings. The zero-order chi connectivity index (χ0) is 42.0. The minimum atomic E-state index is -1.33. The van der Waals surface area contributed by atoms with Crippen molar-refractivity contribution >= 4 is 23.6 Å². The first-order valence-electron chi connectivity index (χ1n) is 21.1. The molecular formula is C45H66N2O10. The number of hydrogen-bond acceptors (Lipinski definition) is 11. The van der Waals surface area contributed by atoms with Gasteiger partial charge in [0, 0.05) is 42.3 Å². The number of amides is 1. The van der Waals surface area contributed by atoms with Gasteiger partial charge in [0.05, 0.1) is 18.2 Å². The number of hydrogen-bond donors (Lipinski definition) is 1. The number of aliphatic hydroxyl groups excluding tert-OH is 1. The second-order valence-corrected chi connectivity index (χ2v) is 17.9. The number of carbonyl (C=O) groups excluding carboxylic acids is 4. The van der Waals surface area contributed by atoms with E-state index in [0.717, 1.165) is 22.6 Å². The van der Waals surface area contributed by atoms with Crippen LogP contribution < -0.4 is 0 Å². The Balaban J connectivity index is 1.42. The predicted octanol–water partition coefficient (Wildman–Crippen LogP) is 7.89. The molecule has 2 aromatic rings. The average Bonchev–Trinajstić information content (AvgIpc) is 3.76. The lowest BCUT2D eigenvalue weighted by Gasteiger charge is -2.46. The summed E-state index contributed by atoms with van der Waals surface area (Å²) in [7, 11) is 0. The molecule has 1 amide bonds. The van der Waals surface area contributed by atoms with Gasteiger partial charge in [-0.3, -0.25) is 14.4 Å². The summed E-state index contributed by atoms with van der Waals surface area (Å²) in [5.41, 5.74) is 0.776. The molecule has 3 fully saturated rings. The van der Waals surface area contributed by atoms with Gasteiger partial charge in [0.1, 0.15) is 35.4 Å². The van der Waals surface area contributed by atoms with Crippen LogP contribution in [0.2, 0.25) is 0 Å². The zero-order valence-electron chi connectivity index (χ0n) is 35.9. The number of benzene rings is 1. The minimum Gasteiger partial charge on any atom is -0.457 e. The molecule has 12 atom stereocenters. The number of aryl methyl sites for hydroxylation is 2. The van der Waals surface area contributed by atoms with Crippen LogP contribution in [0.3, 0.4) is 0 Å². The van der Waals surface area contributed by atoms with E-state index >= 15 is 0 Å². The molecular weight excluding hydrogens is 728 g/mol. The van der Waals surface area contributed by atoms with E-state index in [1.807, 2.05) is 92.6 Å². The molecule has 0 unspecified atom stereocenters. The number of aromatic nitrogens is 1. The lowest BCUT2D eigenvalue weighted by molar-refractivity contribution is -0.284. The summed E-state index contributed by atoms with van der Waals surface area (Å²) < 4.78 is 30.8. The van der Waals surface area contributed by atoms with Gasteiger partial charge >= 0.3 is 12.1 Å². The Morgan fingerprint density at radius 2 is 1.63 bits per heavy atom. The Labute approximate surface area is 338 Å². The molecule has 3 saturated heterocycles. The van der Waals surface area contributed by atoms with E-state index in [4.69, 9.17) is 23.5 Å². The topological polar surface area (TPSA) is 155 Å². The fourth-order valence-electron chi connectivity index (χ4n) is 9.79. The standard InChI is InChI=1S/C45H66N2O10/c1-12-35-45(13-2)39(47(43(52)56-45)21-15-14-16-33-23-34(46-57-33)32-19-17-25(3)18-20-32)29(7)36(48)27(5)24-44(10,11)40(30(8)38(50)31(9)41(51)54-35)55-42-37(49)26(4)22-28(6)53-42/h17-20,23,26-31,35,37,39-40,42,49H,12-16,21-22,24H2,1-11H3/t26-,27+,28+,29-,30-,31+,35+,37+,39+,40+,42-,45+/m0/s1. The van der Waals surface area contributed by atoms with E-state index < -0.39 is 77.4 Å². The lowest BCUT2D eigenvalue weighted by atomic mass is 9.68. The number of unbranched alkanes of at least 4 members (excludes halogenated alkanes) is 1. The van der Waals surface area contributed by atoms with Crippen molar-refractivity contribution in [1.29, 1.82) is 0 Å². The number of ketones is 2. The number of aliphatic hydroxyl groups is 1. The van der Waals surface area contributed by atoms with Crippen molar-refractivity contribution in [2.24, 2.45) is 35.0 Å². The number of Topliss-reactive ketones (excluding diaryl/α,β-unsaturated/α-hetero) is 2. The highest BCUT2D eigenvalue weighted by atomic mass is 16.7. The van der Waals surface area contributed by atoms with Gasteiger partial charge < -0.3 is 33.5 Å². The van der Waals surface area contributed by atoms with Gasteiger partial charge in [-0.15, -0.1) is 0 Å². The van der Waals surface area contributed by atoms with Gasteiger partial charge in [0.2, 0.25) is 0 Å². The van der Waals surface area contributed by atoms with Crippen molar-refractivity contribution in [2.75, 3.05) is 6.54 Å². The molecule has 12 nitrogen and oxygen atoms in total. The summed E-state index contributed by atoms with van der Waals surface area (Å²) in [6.07, 6.45) is -0.882. The second kappa shape index (κ2) is 18.1. The maximum absolute atomic E-state index is 14.7. The van der Waals surface area contributed by atoms with Crippen molar-refractivity contribution in [2.45, 2.75) is 163 Å². The molecule has 0 spiro atoms. The fourth-order valence-corrected chi connectivity index (χ4v) is 9.79. The van der Waals surface area contributed by atoms with Gasteiger partial charge in [-0.05, 0) is 70.6 Å². The largest absolute Gasteiger partial charge is 0.457 e. The van der Waals surface area contributed by atoms with Crippen LogP contribution in [0.15, 0.2) is 34.9 Å². The zero-order valence-corrected chi connectivity index (χ0v) is 35.9. The van der Waals surface area contributed by atoms with Crippen molar-refractivity contribution in [3.8, 4) is 11.3 Å². The molecule has 1 N–H and O–H groups in total. The van der Waals surface area contributed by atoms with E-state index in [-0.39, 0.29) is 30.0 Å². The highest BCUT2D eigenvalue weighted by molar-refractivity contribution is 6.00. The van der Waals surface area contributed by atoms with Gasteiger partial charge in [0.25, 0.3) is 0 Å². The molecule has 0 saturated carbocycles. The highest BCUT2D eigenvalue weighted by Crippen LogP contribution is 2.46. The van der Waals surface area contributed by atoms with Crippen molar-refractivity contribution in [1.82, 2.24) is 10.1 Å². The average molecular weight is 795 g/mol. The van der Waals surface area contributed by atoms with E-state index in [2.05, 4.69) is 5.16 Å². The normalized spacial score (nSPS) is 35.4. The first-order chi connectivity index (χ1) is 26.8. The molecule has 1 aromatic heterocycles. The summed E-state index contributed by atoms with van der Waals surface area (Å²) in [5, 5.41) is 15.4. The summed E-state index contributed by atoms with van der Waals surface area (Å²) >= 11 is 0. The third kappa shape index (κ3) is 9.33. The Bertz CT molecular complexity index is 1720. The predicted molar refractivity (Wildman–Crippen MR) is 214 cm³/mol. The van der Waals surface area contributed by atoms with Crippen LogP contribution in [0.4, 0.5) is 4.79 Å². The number of nitrogens with zero attached hydrogens (tertiary/aromatic N) is 2. The van der Waals surface area contributed by atoms with E-state index in [1.165, 1.54) is 6.92 Å². The van der Waals surface area contributed by atoms with Crippen LogP contribution in [0.1, 0.15) is 119 Å². The number of rotatable bonds is 10. The smallest absolute Gasteiger partial charge is 0.410 e. The first-order valence-corrected chi connectivity index (χ1v) is 21.1. The number of ether oxygens (including phenoxy) is 4. The molecule has 316 valence electrons. The van der Waals surface area contributed by atoms with Crippen molar-refractivity contribution in [3.63, 3.8) is 0 Å². The van der Waals surface area contributed by atoms with E-state index in [9.17, 15) is 24.3 Å². The van der Waals surface area contributed by atoms with Crippen molar-refractivity contribution < 1.29 is 47.8 Å². The third-order valence-electron chi connectivity index (χ3n) is 13.0. The summed E-state index contributed by atoms with van der Waals surface area (Å²) in [6, 6.07) is 9.28. The van der Waals surface area contributed by atoms with Gasteiger partial charge in [0.15, 0.2) is 17.7 Å². The first kappa shape index (κ1) is 44.5. The number of fused-ring (bicyclic) bond motifs is 1. The summed E-state index contributed by atoms with van der Waals surface area (Å²) in [5.74, 6) is -3.70. The summed E-state index contributed by atoms with van der Waals surface area (Å²) in [6.45, 7) is 20.8. The number of cyclic esters (lactones) is 1. The van der Waals surface area contributed by atoms with E-state index in [1.54, 1.807) is 11.8 Å². The molecule has 1 aromatic carbocycles. The minimum absolute atomic E-state index is 0.0694. The quantitative estimate of drug-likeness (QED) is 0.142. The molecule has 3 aliphatic heterocycles. The molecule has 0 bridgehead atoms. The SMILES string of the molecule is CC[C@H]1OC(=O)[C@H](C)C(=O)[C@H](C)[C@@H](O[C@@H]2O[C@H](C)C[C@H](C)[C@H]2O)C(C)(C)C[C@@H](C)C(=O)[C@H](C)[C@H]2N(CCCCc3cc(-c4ccc(C)cc4)no3)C(=O)O[C@]12CC. The van der Waals surface area contributed by atoms with Gasteiger partial charge in [-0.25, -0.2) is 4.79 Å². The molecule has 57 heavy (non-hydrogen) atoms. The van der Waals surface area contributed by atoms with Gasteiger partial charge in [-0.1, -0.05) is 90.4 Å². The van der Waals surface area contributed by atoms with Crippen LogP contribution in [0, 0.1) is 41.9 Å². The molecule has 4 heterocycles. The Kier molecular flexibility index (Phi) is 14.1. The third-order valence-corrected chi connectivity index (χ3v) is 13.0. The summed E-state index contributed by atoms with van der Waals surface area (Å²) in [4.78, 5) is 58.5. The molecule has 0 radical (unpaired) electrons. The van der Waals surface area contributed by atoms with E-state index in [0.29, 0.717) is 45.1 Å². The van der Waals surface area contributed by atoms with Crippen LogP contribution in [0.25, 0.3) is 11.3 Å². The Morgan fingerprint density at radius 1 is 0.947 bits per heavy atom. The number of carbonyl (C=O) groups is 4. The molecule has 0 aliphatic carbocycles.